The molecule has 0 bridgehead atoms. The summed E-state index contributed by atoms with van der Waals surface area (Å²) in [6.45, 7) is 1.80. The molecule has 7 heteroatoms. The molecule has 0 fully saturated rings. The van der Waals surface area contributed by atoms with Gasteiger partial charge in [0, 0.05) is 10.2 Å². The topological polar surface area (TPSA) is 81.4 Å². The molecule has 5 nitrogen and oxygen atoms in total. The molecule has 3 N–H and O–H groups in total. The van der Waals surface area contributed by atoms with Crippen molar-refractivity contribution < 1.29 is 13.2 Å². The number of hydrogen-bond acceptors (Lipinski definition) is 4. The van der Waals surface area contributed by atoms with Gasteiger partial charge in [-0.25, -0.2) is 8.42 Å². The van der Waals surface area contributed by atoms with E-state index in [9.17, 15) is 8.42 Å². The van der Waals surface area contributed by atoms with Crippen molar-refractivity contribution in [1.82, 2.24) is 0 Å². The summed E-state index contributed by atoms with van der Waals surface area (Å²) in [4.78, 5) is 0.0567. The summed E-state index contributed by atoms with van der Waals surface area (Å²) in [5.41, 5.74) is 7.40. The van der Waals surface area contributed by atoms with Crippen LogP contribution in [0.4, 0.5) is 11.4 Å². The van der Waals surface area contributed by atoms with E-state index in [0.717, 1.165) is 5.56 Å². The molecular formula is C14H15BrN2O3S. The van der Waals surface area contributed by atoms with Crippen LogP contribution < -0.4 is 15.2 Å². The fourth-order valence-electron chi connectivity index (χ4n) is 1.81. The van der Waals surface area contributed by atoms with Crippen molar-refractivity contribution >= 4 is 37.3 Å². The van der Waals surface area contributed by atoms with Crippen molar-refractivity contribution in [3.63, 3.8) is 0 Å². The van der Waals surface area contributed by atoms with Crippen molar-refractivity contribution in [3.05, 3.63) is 46.4 Å². The maximum atomic E-state index is 12.5. The van der Waals surface area contributed by atoms with E-state index >= 15 is 0 Å². The zero-order valence-corrected chi connectivity index (χ0v) is 14.0. The van der Waals surface area contributed by atoms with Gasteiger partial charge >= 0.3 is 0 Å². The van der Waals surface area contributed by atoms with Crippen molar-refractivity contribution in [2.45, 2.75) is 11.8 Å². The molecule has 112 valence electrons. The molecule has 0 radical (unpaired) electrons. The molecule has 0 heterocycles. The Balaban J connectivity index is 2.48. The van der Waals surface area contributed by atoms with Crippen LogP contribution in [0.1, 0.15) is 5.56 Å². The summed E-state index contributed by atoms with van der Waals surface area (Å²) < 4.78 is 33.4. The highest BCUT2D eigenvalue weighted by atomic mass is 79.9. The van der Waals surface area contributed by atoms with Crippen LogP contribution in [0.5, 0.6) is 5.75 Å². The second-order valence-corrected chi connectivity index (χ2v) is 7.04. The summed E-state index contributed by atoms with van der Waals surface area (Å²) >= 11 is 3.26. The Kier molecular flexibility index (Phi) is 4.43. The van der Waals surface area contributed by atoms with Gasteiger partial charge in [0.1, 0.15) is 10.6 Å². The monoisotopic (exact) mass is 370 g/mol. The lowest BCUT2D eigenvalue weighted by atomic mass is 10.2. The molecule has 2 rings (SSSR count). The first-order valence-electron chi connectivity index (χ1n) is 6.06. The molecule has 0 aliphatic carbocycles. The first kappa shape index (κ1) is 15.7. The van der Waals surface area contributed by atoms with Crippen LogP contribution in [0.2, 0.25) is 0 Å². The zero-order chi connectivity index (χ0) is 15.6. The van der Waals surface area contributed by atoms with E-state index in [1.54, 1.807) is 37.3 Å². The number of sulfonamides is 1. The molecule has 0 saturated heterocycles. The van der Waals surface area contributed by atoms with E-state index in [4.69, 9.17) is 10.5 Å². The van der Waals surface area contributed by atoms with Crippen molar-refractivity contribution in [1.29, 1.82) is 0 Å². The number of aryl methyl sites for hydroxylation is 1. The van der Waals surface area contributed by atoms with E-state index < -0.39 is 10.0 Å². The SMILES string of the molecule is COc1ccc(Br)cc1S(=O)(=O)Nc1cc(N)ccc1C. The number of ether oxygens (including phenoxy) is 1. The predicted molar refractivity (Wildman–Crippen MR) is 87.1 cm³/mol. The van der Waals surface area contributed by atoms with Gasteiger partial charge in [-0.05, 0) is 42.8 Å². The number of nitrogens with one attached hydrogen (secondary N) is 1. The van der Waals surface area contributed by atoms with Crippen LogP contribution in [0.15, 0.2) is 45.8 Å². The lowest BCUT2D eigenvalue weighted by Gasteiger charge is -2.14. The fraction of sp³-hybridized carbons (Fsp3) is 0.143. The highest BCUT2D eigenvalue weighted by Gasteiger charge is 2.20. The van der Waals surface area contributed by atoms with E-state index in [2.05, 4.69) is 20.7 Å². The number of hydrogen-bond donors (Lipinski definition) is 2. The Morgan fingerprint density at radius 2 is 1.90 bits per heavy atom. The van der Waals surface area contributed by atoms with Gasteiger partial charge in [-0.2, -0.15) is 0 Å². The summed E-state index contributed by atoms with van der Waals surface area (Å²) in [5.74, 6) is 0.271. The third-order valence-electron chi connectivity index (χ3n) is 2.92. The molecule has 0 aliphatic heterocycles. The van der Waals surface area contributed by atoms with E-state index in [1.165, 1.54) is 13.2 Å². The third-order valence-corrected chi connectivity index (χ3v) is 4.80. The number of nitrogen functional groups attached to an aromatic ring is 1. The minimum Gasteiger partial charge on any atom is -0.495 e. The first-order chi connectivity index (χ1) is 9.83. The van der Waals surface area contributed by atoms with Crippen LogP contribution in [0, 0.1) is 6.92 Å². The third kappa shape index (κ3) is 3.48. The minimum atomic E-state index is -3.78. The number of halogens is 1. The standard InChI is InChI=1S/C14H15BrN2O3S/c1-9-3-5-11(16)8-12(9)17-21(18,19)14-7-10(15)4-6-13(14)20-2/h3-8,17H,16H2,1-2H3. The molecule has 2 aromatic carbocycles. The second-order valence-electron chi connectivity index (χ2n) is 4.48. The molecule has 0 aliphatic rings. The molecular weight excluding hydrogens is 356 g/mol. The highest BCUT2D eigenvalue weighted by molar-refractivity contribution is 9.10. The predicted octanol–water partition coefficient (Wildman–Crippen LogP) is 3.15. The number of methoxy groups -OCH3 is 1. The van der Waals surface area contributed by atoms with Gasteiger partial charge in [-0.1, -0.05) is 22.0 Å². The molecule has 0 aromatic heterocycles. The Morgan fingerprint density at radius 3 is 2.57 bits per heavy atom. The van der Waals surface area contributed by atoms with Crippen LogP contribution in [-0.2, 0) is 10.0 Å². The van der Waals surface area contributed by atoms with Gasteiger partial charge in [-0.15, -0.1) is 0 Å². The molecule has 0 spiro atoms. The number of nitrogens with two attached hydrogens (primary N) is 1. The van der Waals surface area contributed by atoms with Gasteiger partial charge in [0.2, 0.25) is 0 Å². The van der Waals surface area contributed by atoms with Crippen molar-refractivity contribution in [2.75, 3.05) is 17.6 Å². The summed E-state index contributed by atoms with van der Waals surface area (Å²) in [6, 6.07) is 9.84. The minimum absolute atomic E-state index is 0.0567. The van der Waals surface area contributed by atoms with Crippen molar-refractivity contribution in [3.8, 4) is 5.75 Å². The largest absolute Gasteiger partial charge is 0.495 e. The number of anilines is 2. The summed E-state index contributed by atoms with van der Waals surface area (Å²) in [7, 11) is -2.35. The lowest BCUT2D eigenvalue weighted by molar-refractivity contribution is 0.403. The van der Waals surface area contributed by atoms with Gasteiger partial charge < -0.3 is 10.5 Å². The first-order valence-corrected chi connectivity index (χ1v) is 8.33. The van der Waals surface area contributed by atoms with E-state index in [1.807, 2.05) is 0 Å². The summed E-state index contributed by atoms with van der Waals surface area (Å²) in [6.07, 6.45) is 0. The Hall–Kier alpha value is -1.73. The van der Waals surface area contributed by atoms with Gasteiger partial charge in [-0.3, -0.25) is 4.72 Å². The average Bonchev–Trinajstić information content (AvgIpc) is 2.42. The fourth-order valence-corrected chi connectivity index (χ4v) is 3.64. The number of rotatable bonds is 4. The van der Waals surface area contributed by atoms with Crippen LogP contribution in [0.3, 0.4) is 0 Å². The molecule has 0 saturated carbocycles. The molecule has 0 unspecified atom stereocenters. The maximum absolute atomic E-state index is 12.5. The smallest absolute Gasteiger partial charge is 0.265 e. The summed E-state index contributed by atoms with van der Waals surface area (Å²) in [5, 5.41) is 0. The van der Waals surface area contributed by atoms with E-state index in [0.29, 0.717) is 15.8 Å². The Bertz CT molecular complexity index is 776. The second kappa shape index (κ2) is 5.95. The Labute approximate surface area is 132 Å². The highest BCUT2D eigenvalue weighted by Crippen LogP contribution is 2.30. The van der Waals surface area contributed by atoms with Crippen LogP contribution in [-0.4, -0.2) is 15.5 Å². The van der Waals surface area contributed by atoms with Gasteiger partial charge in [0.15, 0.2) is 0 Å². The molecule has 0 amide bonds. The number of benzene rings is 2. The van der Waals surface area contributed by atoms with Crippen LogP contribution >= 0.6 is 15.9 Å². The zero-order valence-electron chi connectivity index (χ0n) is 11.6. The maximum Gasteiger partial charge on any atom is 0.265 e. The van der Waals surface area contributed by atoms with Gasteiger partial charge in [0.05, 0.1) is 12.8 Å². The average molecular weight is 371 g/mol. The normalized spacial score (nSPS) is 11.2. The Morgan fingerprint density at radius 1 is 1.19 bits per heavy atom. The van der Waals surface area contributed by atoms with E-state index in [-0.39, 0.29) is 10.6 Å². The molecule has 21 heavy (non-hydrogen) atoms. The quantitative estimate of drug-likeness (QED) is 0.809. The lowest BCUT2D eigenvalue weighted by Crippen LogP contribution is -2.15. The van der Waals surface area contributed by atoms with Gasteiger partial charge in [0.25, 0.3) is 10.0 Å². The molecule has 2 aromatic rings. The van der Waals surface area contributed by atoms with Crippen molar-refractivity contribution in [2.24, 2.45) is 0 Å². The van der Waals surface area contributed by atoms with Crippen LogP contribution in [0.25, 0.3) is 0 Å². The molecule has 0 atom stereocenters.